The minimum Gasteiger partial charge on any atom is -0.468 e. The largest absolute Gasteiger partial charge is 0.468 e. The van der Waals surface area contributed by atoms with Gasteiger partial charge in [-0.15, -0.1) is 0 Å². The molecule has 2 saturated heterocycles. The van der Waals surface area contributed by atoms with Crippen LogP contribution in [0, 0.1) is 11.3 Å². The van der Waals surface area contributed by atoms with Crippen molar-refractivity contribution in [3.05, 3.63) is 28.8 Å². The Bertz CT molecular complexity index is 1170. The molecule has 2 aliphatic heterocycles. The third-order valence-electron chi connectivity index (χ3n) is 8.43. The summed E-state index contributed by atoms with van der Waals surface area (Å²) < 4.78 is 12.3. The van der Waals surface area contributed by atoms with Crippen LogP contribution in [0.4, 0.5) is 4.79 Å². The van der Waals surface area contributed by atoms with Gasteiger partial charge in [0.25, 0.3) is 5.91 Å². The molecule has 2 heterocycles. The predicted octanol–water partition coefficient (Wildman–Crippen LogP) is 4.16. The monoisotopic (exact) mass is 605 g/mol. The summed E-state index contributed by atoms with van der Waals surface area (Å²) in [5.41, 5.74) is -0.610. The number of methoxy groups -OCH3 is 1. The molecule has 1 aromatic rings. The lowest BCUT2D eigenvalue weighted by Gasteiger charge is -2.44. The average Bonchev–Trinajstić information content (AvgIpc) is 3.10. The molecule has 224 valence electrons. The van der Waals surface area contributed by atoms with Crippen LogP contribution in [-0.2, 0) is 19.1 Å². The first kappa shape index (κ1) is 31.6. The molecule has 0 N–H and O–H groups in total. The number of urea groups is 1. The SMILES string of the molecule is COC(=O)CN1[C@H](C)CN(CCOC2CCC(N3C(=O)N(Sc4ccc(C#N)c(Cl)c4)C(=O)C3(C)C)CC2)C[C@@H]1C. The van der Waals surface area contributed by atoms with Crippen LogP contribution in [0.5, 0.6) is 0 Å². The Hall–Kier alpha value is -2.36. The number of nitriles is 1. The number of nitrogens with zero attached hydrogens (tertiary/aromatic N) is 5. The number of piperazine rings is 1. The van der Waals surface area contributed by atoms with Crippen molar-refractivity contribution in [2.75, 3.05) is 39.9 Å². The van der Waals surface area contributed by atoms with Crippen molar-refractivity contribution in [1.82, 2.24) is 19.0 Å². The van der Waals surface area contributed by atoms with Gasteiger partial charge in [-0.25, -0.2) is 4.79 Å². The van der Waals surface area contributed by atoms with Gasteiger partial charge in [-0.1, -0.05) is 11.6 Å². The Labute approximate surface area is 252 Å². The number of rotatable bonds is 9. The van der Waals surface area contributed by atoms with Crippen molar-refractivity contribution >= 4 is 41.5 Å². The van der Waals surface area contributed by atoms with Gasteiger partial charge in [0, 0.05) is 42.7 Å². The summed E-state index contributed by atoms with van der Waals surface area (Å²) in [6.07, 6.45) is 3.33. The first-order valence-electron chi connectivity index (χ1n) is 14.2. The molecule has 12 heteroatoms. The summed E-state index contributed by atoms with van der Waals surface area (Å²) in [5.74, 6) is -0.469. The molecule has 2 atom stereocenters. The molecule has 10 nitrogen and oxygen atoms in total. The van der Waals surface area contributed by atoms with E-state index in [-0.39, 0.29) is 47.2 Å². The summed E-state index contributed by atoms with van der Waals surface area (Å²) in [4.78, 5) is 45.5. The van der Waals surface area contributed by atoms with E-state index in [1.54, 1.807) is 36.9 Å². The van der Waals surface area contributed by atoms with Crippen molar-refractivity contribution in [3.8, 4) is 6.07 Å². The molecule has 0 unspecified atom stereocenters. The van der Waals surface area contributed by atoms with Crippen molar-refractivity contribution in [3.63, 3.8) is 0 Å². The zero-order chi connectivity index (χ0) is 29.9. The number of ether oxygens (including phenoxy) is 2. The maximum absolute atomic E-state index is 13.5. The number of hydrogen-bond acceptors (Lipinski definition) is 9. The van der Waals surface area contributed by atoms with Gasteiger partial charge >= 0.3 is 12.0 Å². The second-order valence-electron chi connectivity index (χ2n) is 11.7. The van der Waals surface area contributed by atoms with E-state index in [2.05, 4.69) is 23.6 Å². The van der Waals surface area contributed by atoms with E-state index in [1.165, 1.54) is 11.4 Å². The number of carbonyl (C=O) groups is 3. The van der Waals surface area contributed by atoms with E-state index >= 15 is 0 Å². The molecule has 3 amide bonds. The molecule has 0 radical (unpaired) electrons. The first-order valence-corrected chi connectivity index (χ1v) is 15.3. The van der Waals surface area contributed by atoms with Gasteiger partial charge in [0.05, 0.1) is 37.0 Å². The van der Waals surface area contributed by atoms with Crippen molar-refractivity contribution in [1.29, 1.82) is 5.26 Å². The summed E-state index contributed by atoms with van der Waals surface area (Å²) in [7, 11) is 1.42. The van der Waals surface area contributed by atoms with E-state index in [0.717, 1.165) is 57.3 Å². The van der Waals surface area contributed by atoms with Crippen LogP contribution in [0.3, 0.4) is 0 Å². The minimum atomic E-state index is -0.956. The van der Waals surface area contributed by atoms with E-state index < -0.39 is 5.54 Å². The van der Waals surface area contributed by atoms with E-state index in [9.17, 15) is 14.4 Å². The molecular formula is C29H40ClN5O5S. The Kier molecular flexibility index (Phi) is 10.2. The lowest BCUT2D eigenvalue weighted by Crippen LogP contribution is -2.58. The zero-order valence-electron chi connectivity index (χ0n) is 24.5. The van der Waals surface area contributed by atoms with Crippen LogP contribution >= 0.6 is 23.5 Å². The topological polar surface area (TPSA) is 106 Å². The van der Waals surface area contributed by atoms with Crippen LogP contribution in [-0.4, -0.2) is 107 Å². The van der Waals surface area contributed by atoms with Crippen LogP contribution in [0.2, 0.25) is 5.02 Å². The highest BCUT2D eigenvalue weighted by atomic mass is 35.5. The smallest absolute Gasteiger partial charge is 0.338 e. The van der Waals surface area contributed by atoms with E-state index in [1.807, 2.05) is 6.07 Å². The normalized spacial score (nSPS) is 27.2. The van der Waals surface area contributed by atoms with Gasteiger partial charge < -0.3 is 14.4 Å². The van der Waals surface area contributed by atoms with Gasteiger partial charge in [0.15, 0.2) is 0 Å². The lowest BCUT2D eigenvalue weighted by atomic mass is 9.89. The van der Waals surface area contributed by atoms with Crippen LogP contribution in [0.1, 0.15) is 58.9 Å². The van der Waals surface area contributed by atoms with Crippen LogP contribution in [0.25, 0.3) is 0 Å². The summed E-state index contributed by atoms with van der Waals surface area (Å²) in [6, 6.07) is 7.05. The number of halogens is 1. The highest BCUT2D eigenvalue weighted by Crippen LogP contribution is 2.40. The maximum Gasteiger partial charge on any atom is 0.338 e. The number of esters is 1. The van der Waals surface area contributed by atoms with Crippen molar-refractivity contribution in [2.45, 2.75) is 88.0 Å². The standard InChI is InChI=1S/C29H40ClN5O5S/c1-19-16-32(17-20(2)33(19)18-26(36)39-5)12-13-40-23-9-7-22(8-10-23)34-28(38)35(27(37)29(34,3)4)41-24-11-6-21(15-31)25(30)14-24/h6,11,14,19-20,22-23H,7-10,12-13,16-18H2,1-5H3/t19-,20+,22?,23?. The summed E-state index contributed by atoms with van der Waals surface area (Å²) >= 11 is 7.21. The van der Waals surface area contributed by atoms with Crippen LogP contribution < -0.4 is 0 Å². The Morgan fingerprint density at radius 2 is 1.80 bits per heavy atom. The second kappa shape index (κ2) is 13.3. The van der Waals surface area contributed by atoms with Crippen molar-refractivity contribution in [2.24, 2.45) is 0 Å². The molecule has 3 aliphatic rings. The molecule has 0 aromatic heterocycles. The van der Waals surface area contributed by atoms with Gasteiger partial charge in [0.1, 0.15) is 11.6 Å². The number of amides is 3. The third-order valence-corrected chi connectivity index (χ3v) is 9.72. The quantitative estimate of drug-likeness (QED) is 0.233. The lowest BCUT2D eigenvalue weighted by molar-refractivity contribution is -0.144. The molecule has 4 rings (SSSR count). The van der Waals surface area contributed by atoms with Gasteiger partial charge in [-0.3, -0.25) is 19.4 Å². The molecule has 0 spiro atoms. The van der Waals surface area contributed by atoms with Gasteiger partial charge in [0.2, 0.25) is 0 Å². The van der Waals surface area contributed by atoms with E-state index in [4.69, 9.17) is 26.3 Å². The fraction of sp³-hybridized carbons (Fsp3) is 0.655. The average molecular weight is 606 g/mol. The zero-order valence-corrected chi connectivity index (χ0v) is 26.0. The molecule has 3 fully saturated rings. The summed E-state index contributed by atoms with van der Waals surface area (Å²) in [6.45, 7) is 11.4. The number of hydrogen-bond donors (Lipinski definition) is 0. The fourth-order valence-electron chi connectivity index (χ4n) is 6.21. The van der Waals surface area contributed by atoms with Crippen LogP contribution in [0.15, 0.2) is 23.1 Å². The van der Waals surface area contributed by atoms with Crippen molar-refractivity contribution < 1.29 is 23.9 Å². The van der Waals surface area contributed by atoms with Gasteiger partial charge in [-0.2, -0.15) is 9.57 Å². The number of carbonyl (C=O) groups excluding carboxylic acids is 3. The molecule has 0 bridgehead atoms. The second-order valence-corrected chi connectivity index (χ2v) is 13.1. The molecule has 41 heavy (non-hydrogen) atoms. The number of benzene rings is 1. The molecular weight excluding hydrogens is 566 g/mol. The minimum absolute atomic E-state index is 0.0407. The maximum atomic E-state index is 13.5. The molecule has 1 saturated carbocycles. The fourth-order valence-corrected chi connectivity index (χ4v) is 7.48. The predicted molar refractivity (Wildman–Crippen MR) is 156 cm³/mol. The Morgan fingerprint density at radius 3 is 2.39 bits per heavy atom. The molecule has 1 aliphatic carbocycles. The third kappa shape index (κ3) is 7.00. The molecule has 1 aromatic carbocycles. The number of imide groups is 1. The Morgan fingerprint density at radius 1 is 1.15 bits per heavy atom. The first-order chi connectivity index (χ1) is 19.5. The Balaban J connectivity index is 1.26. The van der Waals surface area contributed by atoms with Gasteiger partial charge in [-0.05, 0) is 83.5 Å². The van der Waals surface area contributed by atoms with E-state index in [0.29, 0.717) is 23.6 Å². The summed E-state index contributed by atoms with van der Waals surface area (Å²) in [5, 5.41) is 9.41. The highest BCUT2D eigenvalue weighted by Gasteiger charge is 2.54. The highest BCUT2D eigenvalue weighted by molar-refractivity contribution is 7.98.